The number of nitrogens with zero attached hydrogens (tertiary/aromatic N) is 2. The van der Waals surface area contributed by atoms with Crippen LogP contribution in [0.3, 0.4) is 0 Å². The van der Waals surface area contributed by atoms with Crippen LogP contribution in [-0.4, -0.2) is 100 Å². The van der Waals surface area contributed by atoms with E-state index in [-0.39, 0.29) is 43.3 Å². The molecule has 4 aliphatic rings. The second-order valence-corrected chi connectivity index (χ2v) is 11.6. The molecule has 2 aromatic rings. The Hall–Kier alpha value is -3.93. The molecule has 4 fully saturated rings. The van der Waals surface area contributed by atoms with Gasteiger partial charge in [-0.3, -0.25) is 24.0 Å². The molecule has 6 rings (SSSR count). The molecule has 4 N–H and O–H groups in total. The third-order valence-electron chi connectivity index (χ3n) is 8.94. The number of nitrogens with one attached hydrogen (secondary N) is 3. The predicted molar refractivity (Wildman–Crippen MR) is 146 cm³/mol. The number of carbonyl (C=O) groups excluding carboxylic acids is 5. The highest BCUT2D eigenvalue weighted by Crippen LogP contribution is 2.43. The Labute approximate surface area is 236 Å². The molecule has 218 valence electrons. The van der Waals surface area contributed by atoms with Crippen molar-refractivity contribution in [3.8, 4) is 5.75 Å². The molecule has 2 saturated heterocycles. The Bertz CT molecular complexity index is 1400. The first-order chi connectivity index (χ1) is 19.7. The van der Waals surface area contributed by atoms with Gasteiger partial charge in [0, 0.05) is 36.6 Å². The third-order valence-corrected chi connectivity index (χ3v) is 8.94. The number of ketones is 1. The van der Waals surface area contributed by atoms with Crippen molar-refractivity contribution >= 4 is 40.3 Å². The maximum Gasteiger partial charge on any atom is 0.289 e. The van der Waals surface area contributed by atoms with Crippen molar-refractivity contribution < 1.29 is 33.8 Å². The van der Waals surface area contributed by atoms with Gasteiger partial charge < -0.3 is 35.3 Å². The molecule has 12 nitrogen and oxygen atoms in total. The van der Waals surface area contributed by atoms with Crippen LogP contribution in [0.25, 0.3) is 10.9 Å². The molecule has 3 heterocycles. The third kappa shape index (κ3) is 5.16. The Balaban J connectivity index is 1.25. The largest absolute Gasteiger partial charge is 0.496 e. The number of rotatable bonds is 9. The quantitative estimate of drug-likeness (QED) is 0.319. The van der Waals surface area contributed by atoms with Gasteiger partial charge in [-0.15, -0.1) is 0 Å². The summed E-state index contributed by atoms with van der Waals surface area (Å²) in [4.78, 5) is 72.1. The van der Waals surface area contributed by atoms with Gasteiger partial charge in [-0.05, 0) is 62.1 Å². The summed E-state index contributed by atoms with van der Waals surface area (Å²) >= 11 is 0. The van der Waals surface area contributed by atoms with Crippen molar-refractivity contribution in [1.29, 1.82) is 0 Å². The number of hydrogen-bond acceptors (Lipinski definition) is 7. The SMILES string of the molecule is COc1cccc2[nH]c(C(=O)N3CC4CCCC4C3C(=O)NC(CN3CCC(O)C3=O)C(=O)C(=O)NC3CC3)cc12. The van der Waals surface area contributed by atoms with E-state index in [0.717, 1.165) is 43.0 Å². The van der Waals surface area contributed by atoms with E-state index in [4.69, 9.17) is 4.74 Å². The summed E-state index contributed by atoms with van der Waals surface area (Å²) in [6.45, 7) is 0.396. The van der Waals surface area contributed by atoms with Crippen LogP contribution in [-0.2, 0) is 19.2 Å². The highest BCUT2D eigenvalue weighted by Gasteiger charge is 2.50. The van der Waals surface area contributed by atoms with Crippen LogP contribution in [0.1, 0.15) is 49.0 Å². The first kappa shape index (κ1) is 27.3. The average molecular weight is 566 g/mol. The van der Waals surface area contributed by atoms with Gasteiger partial charge in [-0.2, -0.15) is 0 Å². The van der Waals surface area contributed by atoms with Crippen molar-refractivity contribution in [2.75, 3.05) is 26.7 Å². The molecule has 2 aliphatic carbocycles. The standard InChI is InChI=1S/C29H35N5O7/c1-41-23-7-3-6-19-18(23)12-20(31-19)28(39)34-13-15-4-2-5-17(15)24(34)26(37)32-21(14-33-11-10-22(35)29(33)40)25(36)27(38)30-16-8-9-16/h3,6-7,12,15-17,21-22,24,31,35H,2,4-5,8-11,13-14H2,1H3,(H,30,38)(H,32,37). The second-order valence-electron chi connectivity index (χ2n) is 11.6. The Morgan fingerprint density at radius 1 is 1.15 bits per heavy atom. The van der Waals surface area contributed by atoms with Gasteiger partial charge in [-0.25, -0.2) is 0 Å². The molecular formula is C29H35N5O7. The molecule has 0 radical (unpaired) electrons. The zero-order valence-corrected chi connectivity index (χ0v) is 22.9. The first-order valence-electron chi connectivity index (χ1n) is 14.3. The van der Waals surface area contributed by atoms with Gasteiger partial charge >= 0.3 is 0 Å². The van der Waals surface area contributed by atoms with Crippen LogP contribution in [0.4, 0.5) is 0 Å². The number of Topliss-reactive ketones (excluding diaryl/α,β-unsaturated/α-hetero) is 1. The molecule has 0 spiro atoms. The number of ether oxygens (including phenoxy) is 1. The monoisotopic (exact) mass is 565 g/mol. The van der Waals surface area contributed by atoms with Gasteiger partial charge in [0.15, 0.2) is 0 Å². The van der Waals surface area contributed by atoms with Gasteiger partial charge in [-0.1, -0.05) is 12.5 Å². The normalized spacial score (nSPS) is 26.2. The lowest BCUT2D eigenvalue weighted by atomic mass is 9.93. The molecule has 5 atom stereocenters. The lowest BCUT2D eigenvalue weighted by molar-refractivity contribution is -0.142. The number of amides is 4. The number of fused-ring (bicyclic) bond motifs is 2. The number of hydrogen-bond donors (Lipinski definition) is 4. The number of aliphatic hydroxyl groups is 1. The van der Waals surface area contributed by atoms with E-state index in [9.17, 15) is 29.1 Å². The summed E-state index contributed by atoms with van der Waals surface area (Å²) in [5, 5.41) is 16.1. The number of aromatic nitrogens is 1. The van der Waals surface area contributed by atoms with Gasteiger partial charge in [0.05, 0.1) is 7.11 Å². The zero-order valence-electron chi connectivity index (χ0n) is 22.9. The Kier molecular flexibility index (Phi) is 7.18. The second kappa shape index (κ2) is 10.8. The van der Waals surface area contributed by atoms with Crippen LogP contribution in [0.2, 0.25) is 0 Å². The molecule has 1 aromatic heterocycles. The summed E-state index contributed by atoms with van der Waals surface area (Å²) in [6, 6.07) is 5.01. The maximum absolute atomic E-state index is 13.9. The highest BCUT2D eigenvalue weighted by molar-refractivity contribution is 6.38. The van der Waals surface area contributed by atoms with Gasteiger partial charge in [0.2, 0.25) is 11.7 Å². The van der Waals surface area contributed by atoms with E-state index in [2.05, 4.69) is 15.6 Å². The molecule has 2 saturated carbocycles. The van der Waals surface area contributed by atoms with E-state index < -0.39 is 41.7 Å². The number of methoxy groups -OCH3 is 1. The number of aliphatic hydroxyl groups excluding tert-OH is 1. The number of benzene rings is 1. The smallest absolute Gasteiger partial charge is 0.289 e. The van der Waals surface area contributed by atoms with Crippen LogP contribution in [0, 0.1) is 11.8 Å². The number of aromatic amines is 1. The van der Waals surface area contributed by atoms with Crippen LogP contribution in [0.15, 0.2) is 24.3 Å². The number of likely N-dealkylation sites (tertiary alicyclic amines) is 2. The average Bonchev–Trinajstić information content (AvgIpc) is 3.27. The van der Waals surface area contributed by atoms with Crippen molar-refractivity contribution in [3.63, 3.8) is 0 Å². The molecule has 4 amide bonds. The maximum atomic E-state index is 13.9. The summed E-state index contributed by atoms with van der Waals surface area (Å²) in [7, 11) is 1.56. The molecular weight excluding hydrogens is 530 g/mol. The minimum atomic E-state index is -1.30. The lowest BCUT2D eigenvalue weighted by Crippen LogP contribution is -2.58. The Morgan fingerprint density at radius 3 is 2.66 bits per heavy atom. The minimum Gasteiger partial charge on any atom is -0.496 e. The zero-order chi connectivity index (χ0) is 28.8. The van der Waals surface area contributed by atoms with Crippen molar-refractivity contribution in [1.82, 2.24) is 25.4 Å². The van der Waals surface area contributed by atoms with Crippen molar-refractivity contribution in [2.45, 2.75) is 62.8 Å². The van der Waals surface area contributed by atoms with Crippen molar-refractivity contribution in [2.24, 2.45) is 11.8 Å². The minimum absolute atomic E-state index is 0.0600. The highest BCUT2D eigenvalue weighted by atomic mass is 16.5. The van der Waals surface area contributed by atoms with Gasteiger partial charge in [0.1, 0.15) is 29.6 Å². The first-order valence-corrected chi connectivity index (χ1v) is 14.3. The van der Waals surface area contributed by atoms with E-state index in [0.29, 0.717) is 18.0 Å². The fourth-order valence-electron chi connectivity index (χ4n) is 6.64. The van der Waals surface area contributed by atoms with E-state index in [1.807, 2.05) is 18.2 Å². The van der Waals surface area contributed by atoms with Crippen molar-refractivity contribution in [3.05, 3.63) is 30.0 Å². The van der Waals surface area contributed by atoms with Crippen LogP contribution < -0.4 is 15.4 Å². The Morgan fingerprint density at radius 2 is 1.95 bits per heavy atom. The van der Waals surface area contributed by atoms with E-state index in [1.54, 1.807) is 18.1 Å². The fraction of sp³-hybridized carbons (Fsp3) is 0.552. The molecule has 41 heavy (non-hydrogen) atoms. The topological polar surface area (TPSA) is 161 Å². The summed E-state index contributed by atoms with van der Waals surface area (Å²) in [5.41, 5.74) is 1.06. The van der Waals surface area contributed by atoms with Crippen LogP contribution in [0.5, 0.6) is 5.75 Å². The predicted octanol–water partition coefficient (Wildman–Crippen LogP) is 0.343. The molecule has 12 heteroatoms. The summed E-state index contributed by atoms with van der Waals surface area (Å²) in [6.07, 6.45) is 3.22. The molecule has 1 aromatic carbocycles. The number of H-pyrrole nitrogens is 1. The van der Waals surface area contributed by atoms with E-state index >= 15 is 0 Å². The number of carbonyl (C=O) groups is 5. The summed E-state index contributed by atoms with van der Waals surface area (Å²) in [5.74, 6) is -2.35. The lowest BCUT2D eigenvalue weighted by Gasteiger charge is -2.30. The molecule has 2 aliphatic heterocycles. The molecule has 0 bridgehead atoms. The molecule has 5 unspecified atom stereocenters. The van der Waals surface area contributed by atoms with E-state index in [1.165, 1.54) is 4.90 Å². The summed E-state index contributed by atoms with van der Waals surface area (Å²) < 4.78 is 5.43. The van der Waals surface area contributed by atoms with Gasteiger partial charge in [0.25, 0.3) is 17.7 Å². The van der Waals surface area contributed by atoms with Crippen LogP contribution >= 0.6 is 0 Å². The fourth-order valence-corrected chi connectivity index (χ4v) is 6.64.